The number of imidazole rings is 1. The van der Waals surface area contributed by atoms with Crippen LogP contribution < -0.4 is 0 Å². The Bertz CT molecular complexity index is 1200. The molecule has 0 bridgehead atoms. The molecule has 30 heavy (non-hydrogen) atoms. The molecule has 0 saturated heterocycles. The lowest BCUT2D eigenvalue weighted by atomic mass is 10.1. The number of hydrogen-bond donors (Lipinski definition) is 0. The van der Waals surface area contributed by atoms with Crippen molar-refractivity contribution in [3.8, 4) is 11.4 Å². The normalized spacial score (nSPS) is 11.5. The van der Waals surface area contributed by atoms with Gasteiger partial charge in [0.2, 0.25) is 5.82 Å². The Labute approximate surface area is 170 Å². The minimum atomic E-state index is -2.75. The molecule has 0 unspecified atom stereocenters. The maximum absolute atomic E-state index is 13.6. The van der Waals surface area contributed by atoms with E-state index in [0.717, 1.165) is 4.57 Å². The average Bonchev–Trinajstić information content (AvgIpc) is 3.32. The van der Waals surface area contributed by atoms with E-state index in [4.69, 9.17) is 4.74 Å². The minimum absolute atomic E-state index is 0.0822. The van der Waals surface area contributed by atoms with Gasteiger partial charge in [0.25, 0.3) is 0 Å². The number of carbonyl (C=O) groups is 1. The van der Waals surface area contributed by atoms with Gasteiger partial charge in [-0.15, -0.1) is 10.2 Å². The van der Waals surface area contributed by atoms with Gasteiger partial charge in [0, 0.05) is 5.56 Å². The number of nitrogens with zero attached hydrogens (tertiary/aromatic N) is 6. The molecule has 154 valence electrons. The molecule has 2 aromatic carbocycles. The smallest absolute Gasteiger partial charge is 0.338 e. The van der Waals surface area contributed by atoms with Gasteiger partial charge in [-0.3, -0.25) is 4.57 Å². The van der Waals surface area contributed by atoms with Crippen molar-refractivity contribution in [2.45, 2.75) is 33.0 Å². The standard InChI is InChI=1S/C20H18F2N6O2/c1-12(2)30-19(29)14-7-5-6-13(10-14)18-24-26-27(25-18)11-17-23-15-8-3-4-9-16(15)28(17)20(21)22/h3-10,12,20H,11H2,1-2H3. The summed E-state index contributed by atoms with van der Waals surface area (Å²) in [6.45, 7) is 0.698. The van der Waals surface area contributed by atoms with Gasteiger partial charge in [-0.25, -0.2) is 9.78 Å². The van der Waals surface area contributed by atoms with Crippen LogP contribution >= 0.6 is 0 Å². The lowest BCUT2D eigenvalue weighted by Gasteiger charge is -2.08. The highest BCUT2D eigenvalue weighted by atomic mass is 19.3. The number of fused-ring (bicyclic) bond motifs is 1. The quantitative estimate of drug-likeness (QED) is 0.449. The molecule has 0 N–H and O–H groups in total. The summed E-state index contributed by atoms with van der Waals surface area (Å²) >= 11 is 0. The number of esters is 1. The van der Waals surface area contributed by atoms with E-state index in [9.17, 15) is 13.6 Å². The third-order valence-electron chi connectivity index (χ3n) is 4.30. The lowest BCUT2D eigenvalue weighted by Crippen LogP contribution is -2.12. The zero-order valence-electron chi connectivity index (χ0n) is 16.2. The van der Waals surface area contributed by atoms with E-state index in [1.165, 1.54) is 4.80 Å². The van der Waals surface area contributed by atoms with E-state index in [1.807, 2.05) is 0 Å². The summed E-state index contributed by atoms with van der Waals surface area (Å²) in [6.07, 6.45) is -0.241. The summed E-state index contributed by atoms with van der Waals surface area (Å²) in [6, 6.07) is 13.3. The highest BCUT2D eigenvalue weighted by Gasteiger charge is 2.19. The van der Waals surface area contributed by atoms with E-state index < -0.39 is 12.5 Å². The van der Waals surface area contributed by atoms with Crippen LogP contribution in [0.25, 0.3) is 22.4 Å². The fourth-order valence-corrected chi connectivity index (χ4v) is 3.04. The van der Waals surface area contributed by atoms with E-state index >= 15 is 0 Å². The predicted molar refractivity (Wildman–Crippen MR) is 104 cm³/mol. The number of carbonyl (C=O) groups excluding carboxylic acids is 1. The van der Waals surface area contributed by atoms with Gasteiger partial charge in [0.1, 0.15) is 12.4 Å². The van der Waals surface area contributed by atoms with Gasteiger partial charge < -0.3 is 4.74 Å². The fraction of sp³-hybridized carbons (Fsp3) is 0.250. The van der Waals surface area contributed by atoms with Gasteiger partial charge in [0.15, 0.2) is 0 Å². The summed E-state index contributed by atoms with van der Waals surface area (Å²) in [5, 5.41) is 12.2. The number of alkyl halides is 2. The van der Waals surface area contributed by atoms with Crippen LogP contribution in [0.15, 0.2) is 48.5 Å². The second-order valence-corrected chi connectivity index (χ2v) is 6.84. The van der Waals surface area contributed by atoms with Gasteiger partial charge >= 0.3 is 12.5 Å². The monoisotopic (exact) mass is 412 g/mol. The SMILES string of the molecule is CC(C)OC(=O)c1cccc(-c2nnn(Cc3nc4ccccc4n3C(F)F)n2)c1. The lowest BCUT2D eigenvalue weighted by molar-refractivity contribution is 0.0378. The molecular formula is C20H18F2N6O2. The summed E-state index contributed by atoms with van der Waals surface area (Å²) in [4.78, 5) is 17.6. The molecule has 4 aromatic rings. The first-order valence-corrected chi connectivity index (χ1v) is 9.25. The third kappa shape index (κ3) is 3.88. The van der Waals surface area contributed by atoms with Gasteiger partial charge in [0.05, 0.1) is 22.7 Å². The van der Waals surface area contributed by atoms with E-state index in [-0.39, 0.29) is 24.3 Å². The zero-order valence-corrected chi connectivity index (χ0v) is 16.2. The summed E-state index contributed by atoms with van der Waals surface area (Å²) < 4.78 is 33.2. The largest absolute Gasteiger partial charge is 0.459 e. The number of rotatable bonds is 6. The first-order chi connectivity index (χ1) is 14.4. The molecule has 4 rings (SSSR count). The van der Waals surface area contributed by atoms with Crippen molar-refractivity contribution >= 4 is 17.0 Å². The van der Waals surface area contributed by atoms with Crippen LogP contribution in [0.4, 0.5) is 8.78 Å². The molecule has 0 fully saturated rings. The number of para-hydroxylation sites is 2. The molecule has 0 aliphatic rings. The Morgan fingerprint density at radius 1 is 1.13 bits per heavy atom. The fourth-order valence-electron chi connectivity index (χ4n) is 3.04. The summed E-state index contributed by atoms with van der Waals surface area (Å²) in [5.41, 5.74) is 1.71. The van der Waals surface area contributed by atoms with Crippen molar-refractivity contribution in [2.24, 2.45) is 0 Å². The number of tetrazole rings is 1. The average molecular weight is 412 g/mol. The molecule has 0 radical (unpaired) electrons. The Kier molecular flexibility index (Phi) is 5.21. The Morgan fingerprint density at radius 3 is 2.70 bits per heavy atom. The molecule has 0 spiro atoms. The molecule has 10 heteroatoms. The highest BCUT2D eigenvalue weighted by Crippen LogP contribution is 2.23. The van der Waals surface area contributed by atoms with Crippen LogP contribution in [0, 0.1) is 0 Å². The summed E-state index contributed by atoms with van der Waals surface area (Å²) in [5.74, 6) is -0.0804. The molecule has 0 aliphatic carbocycles. The van der Waals surface area contributed by atoms with Crippen molar-refractivity contribution in [1.82, 2.24) is 29.8 Å². The number of hydrogen-bond acceptors (Lipinski definition) is 6. The molecule has 2 aromatic heterocycles. The first-order valence-electron chi connectivity index (χ1n) is 9.25. The van der Waals surface area contributed by atoms with Crippen LogP contribution in [0.1, 0.15) is 36.6 Å². The van der Waals surface area contributed by atoms with E-state index in [2.05, 4.69) is 20.4 Å². The second-order valence-electron chi connectivity index (χ2n) is 6.84. The third-order valence-corrected chi connectivity index (χ3v) is 4.30. The molecule has 0 aliphatic heterocycles. The molecule has 2 heterocycles. The maximum Gasteiger partial charge on any atom is 0.338 e. The van der Waals surface area contributed by atoms with Gasteiger partial charge in [-0.2, -0.15) is 13.6 Å². The van der Waals surface area contributed by atoms with Gasteiger partial charge in [-0.05, 0) is 43.3 Å². The number of benzene rings is 2. The number of ether oxygens (including phenoxy) is 1. The van der Waals surface area contributed by atoms with Crippen molar-refractivity contribution in [3.63, 3.8) is 0 Å². The van der Waals surface area contributed by atoms with Crippen LogP contribution in [0.3, 0.4) is 0 Å². The van der Waals surface area contributed by atoms with Crippen LogP contribution in [0.5, 0.6) is 0 Å². The Morgan fingerprint density at radius 2 is 1.93 bits per heavy atom. The molecule has 0 amide bonds. The summed E-state index contributed by atoms with van der Waals surface area (Å²) in [7, 11) is 0. The van der Waals surface area contributed by atoms with Gasteiger partial charge in [-0.1, -0.05) is 24.3 Å². The maximum atomic E-state index is 13.6. The van der Waals surface area contributed by atoms with Crippen molar-refractivity contribution in [3.05, 3.63) is 59.9 Å². The zero-order chi connectivity index (χ0) is 21.3. The van der Waals surface area contributed by atoms with Crippen molar-refractivity contribution in [1.29, 1.82) is 0 Å². The Hall–Kier alpha value is -3.69. The second kappa shape index (κ2) is 7.97. The van der Waals surface area contributed by atoms with Crippen molar-refractivity contribution < 1.29 is 18.3 Å². The predicted octanol–water partition coefficient (Wildman–Crippen LogP) is 3.70. The number of aromatic nitrogens is 6. The molecule has 8 nitrogen and oxygen atoms in total. The Balaban J connectivity index is 1.61. The number of halogens is 2. The van der Waals surface area contributed by atoms with Crippen LogP contribution in [-0.2, 0) is 11.3 Å². The van der Waals surface area contributed by atoms with Crippen LogP contribution in [0.2, 0.25) is 0 Å². The highest BCUT2D eigenvalue weighted by molar-refractivity contribution is 5.90. The van der Waals surface area contributed by atoms with E-state index in [0.29, 0.717) is 22.2 Å². The molecular weight excluding hydrogens is 394 g/mol. The minimum Gasteiger partial charge on any atom is -0.459 e. The topological polar surface area (TPSA) is 87.7 Å². The molecule has 0 saturated carbocycles. The van der Waals surface area contributed by atoms with Crippen LogP contribution in [-0.4, -0.2) is 41.8 Å². The molecule has 0 atom stereocenters. The first kappa shape index (κ1) is 19.6. The van der Waals surface area contributed by atoms with E-state index in [1.54, 1.807) is 62.4 Å². The van der Waals surface area contributed by atoms with Crippen molar-refractivity contribution in [2.75, 3.05) is 0 Å².